The zero-order valence-electron chi connectivity index (χ0n) is 10.3. The molecule has 3 rings (SSSR count). The van der Waals surface area contributed by atoms with E-state index in [2.05, 4.69) is 4.98 Å². The lowest BCUT2D eigenvalue weighted by molar-refractivity contribution is 0.0643. The van der Waals surface area contributed by atoms with Crippen LogP contribution in [0.2, 0.25) is 0 Å². The molecule has 4 nitrogen and oxygen atoms in total. The van der Waals surface area contributed by atoms with Gasteiger partial charge in [0.25, 0.3) is 6.43 Å². The van der Waals surface area contributed by atoms with E-state index in [-0.39, 0.29) is 5.89 Å². The number of nitrogens with zero attached hydrogens (tertiary/aromatic N) is 1. The molecule has 1 aromatic heterocycles. The third-order valence-electron chi connectivity index (χ3n) is 3.54. The summed E-state index contributed by atoms with van der Waals surface area (Å²) >= 11 is 0. The highest BCUT2D eigenvalue weighted by Crippen LogP contribution is 2.53. The minimum Gasteiger partial charge on any atom is -0.475 e. The van der Waals surface area contributed by atoms with Gasteiger partial charge in [-0.3, -0.25) is 0 Å². The molecule has 0 unspecified atom stereocenters. The first-order chi connectivity index (χ1) is 9.54. The van der Waals surface area contributed by atoms with E-state index in [4.69, 9.17) is 9.52 Å². The second-order valence-corrected chi connectivity index (χ2v) is 4.79. The first-order valence-electron chi connectivity index (χ1n) is 6.13. The van der Waals surface area contributed by atoms with Crippen LogP contribution in [0.15, 0.2) is 34.7 Å². The Morgan fingerprint density at radius 1 is 1.30 bits per heavy atom. The van der Waals surface area contributed by atoms with Crippen LogP contribution >= 0.6 is 0 Å². The summed E-state index contributed by atoms with van der Waals surface area (Å²) in [7, 11) is 0. The quantitative estimate of drug-likeness (QED) is 0.931. The van der Waals surface area contributed by atoms with Gasteiger partial charge in [-0.05, 0) is 18.4 Å². The van der Waals surface area contributed by atoms with Crippen LogP contribution in [0, 0.1) is 0 Å². The minimum atomic E-state index is -2.97. The molecule has 1 aliphatic rings. The van der Waals surface area contributed by atoms with Crippen molar-refractivity contribution in [2.45, 2.75) is 24.7 Å². The number of hydrogen-bond donors (Lipinski definition) is 1. The fourth-order valence-electron chi connectivity index (χ4n) is 2.35. The molecule has 0 radical (unpaired) electrons. The summed E-state index contributed by atoms with van der Waals surface area (Å²) in [5, 5.41) is 8.92. The van der Waals surface area contributed by atoms with Crippen LogP contribution in [0.4, 0.5) is 8.78 Å². The highest BCUT2D eigenvalue weighted by Gasteiger charge is 2.51. The van der Waals surface area contributed by atoms with Gasteiger partial charge >= 0.3 is 5.97 Å². The molecule has 0 amide bonds. The Labute approximate surface area is 113 Å². The zero-order valence-corrected chi connectivity index (χ0v) is 10.3. The van der Waals surface area contributed by atoms with Gasteiger partial charge in [0.1, 0.15) is 0 Å². The van der Waals surface area contributed by atoms with Gasteiger partial charge in [-0.15, -0.1) is 0 Å². The molecule has 6 heteroatoms. The van der Waals surface area contributed by atoms with Crippen LogP contribution in [0.3, 0.4) is 0 Å². The van der Waals surface area contributed by atoms with Crippen molar-refractivity contribution in [1.29, 1.82) is 0 Å². The number of aromatic carboxylic acids is 1. The number of carboxylic acid groups (broad SMARTS) is 1. The SMILES string of the molecule is O=C(O)c1oc(C2(c3ccccc3)CC2)nc1C(F)F. The van der Waals surface area contributed by atoms with Gasteiger partial charge < -0.3 is 9.52 Å². The molecule has 1 saturated carbocycles. The average Bonchev–Trinajstić information content (AvgIpc) is 3.11. The lowest BCUT2D eigenvalue weighted by Crippen LogP contribution is -2.09. The van der Waals surface area contributed by atoms with E-state index in [0.29, 0.717) is 12.8 Å². The molecule has 1 aromatic carbocycles. The first kappa shape index (κ1) is 12.8. The van der Waals surface area contributed by atoms with Gasteiger partial charge in [-0.2, -0.15) is 0 Å². The summed E-state index contributed by atoms with van der Waals surface area (Å²) < 4.78 is 30.8. The molecule has 1 heterocycles. The number of aromatic nitrogens is 1. The predicted octanol–water partition coefficient (Wildman–Crippen LogP) is 3.39. The van der Waals surface area contributed by atoms with Crippen molar-refractivity contribution in [2.24, 2.45) is 0 Å². The third kappa shape index (κ3) is 1.88. The fraction of sp³-hybridized carbons (Fsp3) is 0.286. The van der Waals surface area contributed by atoms with E-state index in [9.17, 15) is 13.6 Å². The summed E-state index contributed by atoms with van der Waals surface area (Å²) in [6.45, 7) is 0. The molecule has 2 aromatic rings. The highest BCUT2D eigenvalue weighted by molar-refractivity contribution is 5.85. The van der Waals surface area contributed by atoms with Crippen LogP contribution in [0.25, 0.3) is 0 Å². The first-order valence-corrected chi connectivity index (χ1v) is 6.13. The Kier molecular flexibility index (Phi) is 2.81. The summed E-state index contributed by atoms with van der Waals surface area (Å²) in [6, 6.07) is 9.25. The monoisotopic (exact) mass is 279 g/mol. The second kappa shape index (κ2) is 4.40. The summed E-state index contributed by atoms with van der Waals surface area (Å²) in [5.41, 5.74) is -0.452. The number of hydrogen-bond acceptors (Lipinski definition) is 3. The Hall–Kier alpha value is -2.24. The molecular formula is C14H11F2NO3. The number of alkyl halides is 2. The molecule has 0 bridgehead atoms. The fourth-order valence-corrected chi connectivity index (χ4v) is 2.35. The van der Waals surface area contributed by atoms with Crippen molar-refractivity contribution in [2.75, 3.05) is 0 Å². The zero-order chi connectivity index (χ0) is 14.3. The number of carboxylic acids is 1. The topological polar surface area (TPSA) is 63.3 Å². The minimum absolute atomic E-state index is 0.0661. The van der Waals surface area contributed by atoms with E-state index in [1.54, 1.807) is 0 Å². The Balaban J connectivity index is 2.08. The van der Waals surface area contributed by atoms with Crippen LogP contribution < -0.4 is 0 Å². The molecule has 1 N–H and O–H groups in total. The number of halogens is 2. The number of carbonyl (C=O) groups is 1. The van der Waals surface area contributed by atoms with Gasteiger partial charge in [0.05, 0.1) is 5.41 Å². The normalized spacial score (nSPS) is 16.4. The highest BCUT2D eigenvalue weighted by atomic mass is 19.3. The summed E-state index contributed by atoms with van der Waals surface area (Å²) in [4.78, 5) is 14.7. The van der Waals surface area contributed by atoms with Crippen molar-refractivity contribution >= 4 is 5.97 Å². The van der Waals surface area contributed by atoms with Crippen molar-refractivity contribution in [3.05, 3.63) is 53.2 Å². The van der Waals surface area contributed by atoms with E-state index < -0.39 is 29.3 Å². The molecule has 0 atom stereocenters. The standard InChI is InChI=1S/C14H11F2NO3/c15-11(16)9-10(12(18)19)20-13(17-9)14(6-7-14)8-4-2-1-3-5-8/h1-5,11H,6-7H2,(H,18,19). The van der Waals surface area contributed by atoms with Gasteiger partial charge in [0.15, 0.2) is 5.69 Å². The molecule has 20 heavy (non-hydrogen) atoms. The summed E-state index contributed by atoms with van der Waals surface area (Å²) in [5.74, 6) is -2.23. The molecule has 1 fully saturated rings. The van der Waals surface area contributed by atoms with Crippen molar-refractivity contribution in [1.82, 2.24) is 4.98 Å². The Morgan fingerprint density at radius 2 is 1.95 bits per heavy atom. The van der Waals surface area contributed by atoms with Crippen molar-refractivity contribution in [3.8, 4) is 0 Å². The second-order valence-electron chi connectivity index (χ2n) is 4.79. The Bertz CT molecular complexity index is 648. The van der Waals surface area contributed by atoms with E-state index in [1.165, 1.54) is 0 Å². The third-order valence-corrected chi connectivity index (χ3v) is 3.54. The maximum absolute atomic E-state index is 12.8. The van der Waals surface area contributed by atoms with Crippen molar-refractivity contribution in [3.63, 3.8) is 0 Å². The number of benzene rings is 1. The molecule has 1 aliphatic carbocycles. The average molecular weight is 279 g/mol. The maximum atomic E-state index is 12.8. The van der Waals surface area contributed by atoms with Crippen molar-refractivity contribution < 1.29 is 23.1 Å². The van der Waals surface area contributed by atoms with Crippen LogP contribution in [0.1, 0.15) is 47.0 Å². The van der Waals surface area contributed by atoms with Gasteiger partial charge in [0, 0.05) is 0 Å². The number of rotatable bonds is 4. The van der Waals surface area contributed by atoms with Gasteiger partial charge in [-0.1, -0.05) is 30.3 Å². The van der Waals surface area contributed by atoms with Gasteiger partial charge in [-0.25, -0.2) is 18.6 Å². The Morgan fingerprint density at radius 3 is 2.40 bits per heavy atom. The van der Waals surface area contributed by atoms with E-state index in [1.807, 2.05) is 30.3 Å². The molecule has 104 valence electrons. The largest absolute Gasteiger partial charge is 0.475 e. The molecule has 0 aliphatic heterocycles. The lowest BCUT2D eigenvalue weighted by Gasteiger charge is -2.10. The molecular weight excluding hydrogens is 268 g/mol. The van der Waals surface area contributed by atoms with Gasteiger partial charge in [0.2, 0.25) is 11.7 Å². The number of oxazole rings is 1. The van der Waals surface area contributed by atoms with Crippen LogP contribution in [-0.2, 0) is 5.41 Å². The van der Waals surface area contributed by atoms with Crippen LogP contribution in [0.5, 0.6) is 0 Å². The van der Waals surface area contributed by atoms with E-state index >= 15 is 0 Å². The van der Waals surface area contributed by atoms with E-state index in [0.717, 1.165) is 5.56 Å². The molecule has 0 spiro atoms. The maximum Gasteiger partial charge on any atom is 0.374 e. The lowest BCUT2D eigenvalue weighted by atomic mass is 9.96. The summed E-state index contributed by atoms with van der Waals surface area (Å²) in [6.07, 6.45) is -1.55. The predicted molar refractivity (Wildman–Crippen MR) is 64.9 cm³/mol. The molecule has 0 saturated heterocycles. The van der Waals surface area contributed by atoms with Crippen LogP contribution in [-0.4, -0.2) is 16.1 Å². The smallest absolute Gasteiger partial charge is 0.374 e.